The van der Waals surface area contributed by atoms with Gasteiger partial charge in [0.1, 0.15) is 5.82 Å². The van der Waals surface area contributed by atoms with Crippen LogP contribution in [0.15, 0.2) is 6.07 Å². The van der Waals surface area contributed by atoms with Crippen molar-refractivity contribution in [2.24, 2.45) is 0 Å². The first-order valence-corrected chi connectivity index (χ1v) is 10.8. The smallest absolute Gasteiger partial charge is 0.246 e. The summed E-state index contributed by atoms with van der Waals surface area (Å²) in [7, 11) is 1.60. The van der Waals surface area contributed by atoms with Gasteiger partial charge in [-0.05, 0) is 39.5 Å². The van der Waals surface area contributed by atoms with E-state index in [0.717, 1.165) is 36.6 Å². The first kappa shape index (κ1) is 19.8. The Kier molecular flexibility index (Phi) is 4.98. The quantitative estimate of drug-likeness (QED) is 0.623. The van der Waals surface area contributed by atoms with Gasteiger partial charge in [0.2, 0.25) is 11.8 Å². The Balaban J connectivity index is 1.50. The number of piperidine rings is 1. The molecule has 2 N–H and O–H groups in total. The van der Waals surface area contributed by atoms with E-state index in [4.69, 9.17) is 20.0 Å². The van der Waals surface area contributed by atoms with Crippen LogP contribution in [-0.2, 0) is 0 Å². The Morgan fingerprint density at radius 2 is 1.97 bits per heavy atom. The molecule has 5 rings (SSSR count). The highest BCUT2D eigenvalue weighted by Crippen LogP contribution is 2.42. The van der Waals surface area contributed by atoms with Gasteiger partial charge in [0.05, 0.1) is 13.2 Å². The normalized spacial score (nSPS) is 23.2. The van der Waals surface area contributed by atoms with Crippen LogP contribution in [0.5, 0.6) is 5.88 Å². The van der Waals surface area contributed by atoms with Crippen LogP contribution in [0.25, 0.3) is 11.2 Å². The highest BCUT2D eigenvalue weighted by molar-refractivity contribution is 5.79. The minimum atomic E-state index is 0.320. The van der Waals surface area contributed by atoms with Crippen molar-refractivity contribution in [2.75, 3.05) is 19.0 Å². The fourth-order valence-corrected chi connectivity index (χ4v) is 5.29. The molecule has 3 atom stereocenters. The largest absolute Gasteiger partial charge is 0.479 e. The molecule has 2 aliphatic rings. The molecule has 0 saturated carbocycles. The van der Waals surface area contributed by atoms with Crippen LogP contribution in [0.3, 0.4) is 0 Å². The molecule has 0 aromatic carbocycles. The molecule has 2 fully saturated rings. The maximum Gasteiger partial charge on any atom is 0.246 e. The molecule has 0 spiro atoms. The van der Waals surface area contributed by atoms with Crippen molar-refractivity contribution in [1.82, 2.24) is 34.6 Å². The molecule has 2 aliphatic heterocycles. The number of nitrogens with one attached hydrogen (secondary N) is 2. The number of anilines is 2. The first-order chi connectivity index (χ1) is 15.1. The van der Waals surface area contributed by atoms with Crippen molar-refractivity contribution in [2.45, 2.75) is 64.1 Å². The molecule has 3 aromatic rings. The van der Waals surface area contributed by atoms with Crippen molar-refractivity contribution in [3.05, 3.63) is 17.6 Å². The lowest BCUT2D eigenvalue weighted by atomic mass is 9.96. The number of aryl methyl sites for hydroxylation is 2. The zero-order chi connectivity index (χ0) is 21.5. The van der Waals surface area contributed by atoms with Crippen LogP contribution < -0.4 is 10.1 Å². The van der Waals surface area contributed by atoms with Crippen molar-refractivity contribution >= 4 is 22.9 Å². The van der Waals surface area contributed by atoms with E-state index >= 15 is 0 Å². The number of methoxy groups -OCH3 is 1. The van der Waals surface area contributed by atoms with Crippen molar-refractivity contribution < 1.29 is 4.74 Å². The number of fused-ring (bicyclic) bond motifs is 3. The van der Waals surface area contributed by atoms with Gasteiger partial charge >= 0.3 is 0 Å². The van der Waals surface area contributed by atoms with Crippen molar-refractivity contribution in [1.29, 1.82) is 5.26 Å². The average Bonchev–Trinajstić information content (AvgIpc) is 3.38. The van der Waals surface area contributed by atoms with Crippen molar-refractivity contribution in [3.63, 3.8) is 0 Å². The third-order valence-electron chi connectivity index (χ3n) is 6.53. The predicted octanol–water partition coefficient (Wildman–Crippen LogP) is 3.00. The summed E-state index contributed by atoms with van der Waals surface area (Å²) >= 11 is 0. The number of H-pyrrole nitrogens is 1. The molecule has 2 saturated heterocycles. The third kappa shape index (κ3) is 3.49. The lowest BCUT2D eigenvalue weighted by Gasteiger charge is -2.39. The Morgan fingerprint density at radius 1 is 1.19 bits per heavy atom. The van der Waals surface area contributed by atoms with E-state index in [1.807, 2.05) is 19.9 Å². The van der Waals surface area contributed by atoms with Crippen LogP contribution in [0.1, 0.15) is 49.7 Å². The molecule has 10 heteroatoms. The van der Waals surface area contributed by atoms with Crippen LogP contribution in [0.2, 0.25) is 0 Å². The lowest BCUT2D eigenvalue weighted by molar-refractivity contribution is 0.110. The molecule has 3 aromatic heterocycles. The number of nitriles is 1. The second kappa shape index (κ2) is 7.81. The third-order valence-corrected chi connectivity index (χ3v) is 6.53. The fraction of sp³-hybridized carbons (Fsp3) is 0.571. The van der Waals surface area contributed by atoms with E-state index in [9.17, 15) is 0 Å². The number of aromatic amines is 1. The van der Waals surface area contributed by atoms with Gasteiger partial charge in [0, 0.05) is 42.9 Å². The summed E-state index contributed by atoms with van der Waals surface area (Å²) in [5.74, 6) is 2.47. The number of hydrogen-bond donors (Lipinski definition) is 2. The number of aromatic nitrogens is 6. The number of ether oxygens (including phenoxy) is 1. The standard InChI is InChI=1S/C21H27N9O/c1-12-9-17(28-27-12)24-21-25-19-18(20(26-21)31-3)23-13(2)30(19)16-10-14-5-6-15(11-16)29(14)8-4-7-22/h9,14-16H,4-6,8,10-11H2,1-3H3,(H2,24,25,26,27,28)/t14-,15+,16?. The van der Waals surface area contributed by atoms with Crippen LogP contribution in [-0.4, -0.2) is 60.4 Å². The van der Waals surface area contributed by atoms with Crippen molar-refractivity contribution in [3.8, 4) is 11.9 Å². The van der Waals surface area contributed by atoms with E-state index in [2.05, 4.69) is 36.0 Å². The van der Waals surface area contributed by atoms with E-state index in [1.165, 1.54) is 12.8 Å². The van der Waals surface area contributed by atoms with Gasteiger partial charge in [0.15, 0.2) is 17.0 Å². The fourth-order valence-electron chi connectivity index (χ4n) is 5.29. The molecule has 0 amide bonds. The Morgan fingerprint density at radius 3 is 2.61 bits per heavy atom. The second-order valence-corrected chi connectivity index (χ2v) is 8.48. The molecule has 0 radical (unpaired) electrons. The maximum atomic E-state index is 9.00. The van der Waals surface area contributed by atoms with Gasteiger partial charge in [-0.3, -0.25) is 10.00 Å². The highest BCUT2D eigenvalue weighted by atomic mass is 16.5. The summed E-state index contributed by atoms with van der Waals surface area (Å²) in [5.41, 5.74) is 2.42. The summed E-state index contributed by atoms with van der Waals surface area (Å²) in [6, 6.07) is 5.55. The summed E-state index contributed by atoms with van der Waals surface area (Å²) in [6.07, 6.45) is 5.07. The Hall–Kier alpha value is -3.19. The second-order valence-electron chi connectivity index (χ2n) is 8.48. The number of rotatable bonds is 6. The summed E-state index contributed by atoms with van der Waals surface area (Å²) in [4.78, 5) is 16.6. The van der Waals surface area contributed by atoms with Crippen LogP contribution in [0, 0.1) is 25.2 Å². The van der Waals surface area contributed by atoms with Gasteiger partial charge in [-0.15, -0.1) is 0 Å². The molecule has 162 valence electrons. The summed E-state index contributed by atoms with van der Waals surface area (Å²) in [6.45, 7) is 4.84. The molecule has 31 heavy (non-hydrogen) atoms. The van der Waals surface area contributed by atoms with E-state index < -0.39 is 0 Å². The topological polar surface area (TPSA) is 121 Å². The number of imidazole rings is 1. The average molecular weight is 422 g/mol. The summed E-state index contributed by atoms with van der Waals surface area (Å²) < 4.78 is 7.81. The molecule has 2 bridgehead atoms. The minimum Gasteiger partial charge on any atom is -0.479 e. The minimum absolute atomic E-state index is 0.320. The van der Waals surface area contributed by atoms with Gasteiger partial charge in [-0.1, -0.05) is 0 Å². The molecule has 10 nitrogen and oxygen atoms in total. The predicted molar refractivity (Wildman–Crippen MR) is 115 cm³/mol. The molecular formula is C21H27N9O. The van der Waals surface area contributed by atoms with Gasteiger partial charge < -0.3 is 14.6 Å². The lowest BCUT2D eigenvalue weighted by Crippen LogP contribution is -2.43. The maximum absolute atomic E-state index is 9.00. The molecule has 5 heterocycles. The monoisotopic (exact) mass is 421 g/mol. The van der Waals surface area contributed by atoms with Gasteiger partial charge in [-0.25, -0.2) is 4.98 Å². The number of nitrogens with zero attached hydrogens (tertiary/aromatic N) is 7. The van der Waals surface area contributed by atoms with Gasteiger partial charge in [0.25, 0.3) is 0 Å². The van der Waals surface area contributed by atoms with Crippen LogP contribution in [0.4, 0.5) is 11.8 Å². The Bertz CT molecular complexity index is 1130. The molecule has 0 aliphatic carbocycles. The Labute approximate surface area is 180 Å². The SMILES string of the molecule is COc1nc(Nc2cc(C)[nH]n2)nc2c1nc(C)n2C1C[C@H]2CC[C@@H](C1)N2CCC#N. The van der Waals surface area contributed by atoms with Gasteiger partial charge in [-0.2, -0.15) is 20.3 Å². The highest BCUT2D eigenvalue weighted by Gasteiger charge is 2.41. The zero-order valence-electron chi connectivity index (χ0n) is 18.1. The first-order valence-electron chi connectivity index (χ1n) is 10.8. The van der Waals surface area contributed by atoms with E-state index in [-0.39, 0.29) is 0 Å². The summed E-state index contributed by atoms with van der Waals surface area (Å²) in [5, 5.41) is 19.3. The molecular weight excluding hydrogens is 394 g/mol. The number of hydrogen-bond acceptors (Lipinski definition) is 8. The van der Waals surface area contributed by atoms with E-state index in [0.29, 0.717) is 47.7 Å². The zero-order valence-corrected chi connectivity index (χ0v) is 18.1. The van der Waals surface area contributed by atoms with E-state index in [1.54, 1.807) is 7.11 Å². The van der Waals surface area contributed by atoms with Crippen LogP contribution >= 0.6 is 0 Å². The molecule has 1 unspecified atom stereocenters.